The van der Waals surface area contributed by atoms with Gasteiger partial charge >= 0.3 is 0 Å². The summed E-state index contributed by atoms with van der Waals surface area (Å²) in [6.07, 6.45) is 9.36. The zero-order chi connectivity index (χ0) is 11.2. The molecule has 0 saturated carbocycles. The number of pyridine rings is 1. The summed E-state index contributed by atoms with van der Waals surface area (Å²) < 4.78 is 0. The Morgan fingerprint density at radius 2 is 2.06 bits per heavy atom. The number of aromatic amines is 1. The van der Waals surface area contributed by atoms with Gasteiger partial charge in [0, 0.05) is 12.6 Å². The number of H-pyrrole nitrogens is 1. The fraction of sp³-hybridized carbons (Fsp3) is 0.500. The summed E-state index contributed by atoms with van der Waals surface area (Å²) in [7, 11) is 0. The van der Waals surface area contributed by atoms with Crippen molar-refractivity contribution in [2.75, 3.05) is 6.54 Å². The van der Waals surface area contributed by atoms with Gasteiger partial charge in [-0.25, -0.2) is 4.98 Å². The Hall–Kier alpha value is -1.42. The summed E-state index contributed by atoms with van der Waals surface area (Å²) in [4.78, 5) is 11.9. The summed E-state index contributed by atoms with van der Waals surface area (Å²) in [5.41, 5.74) is 7.48. The SMILES string of the molecule is NCCCCCCc1nc2ccncc2[nH]1. The van der Waals surface area contributed by atoms with Crippen LogP contribution in [0.4, 0.5) is 0 Å². The van der Waals surface area contributed by atoms with E-state index in [1.165, 1.54) is 19.3 Å². The van der Waals surface area contributed by atoms with E-state index in [0.717, 1.165) is 36.2 Å². The van der Waals surface area contributed by atoms with E-state index in [2.05, 4.69) is 15.0 Å². The van der Waals surface area contributed by atoms with Crippen LogP contribution < -0.4 is 5.73 Å². The molecule has 0 aromatic carbocycles. The van der Waals surface area contributed by atoms with E-state index in [0.29, 0.717) is 0 Å². The second-order valence-electron chi connectivity index (χ2n) is 4.03. The van der Waals surface area contributed by atoms with Crippen LogP contribution in [0.1, 0.15) is 31.5 Å². The molecule has 3 N–H and O–H groups in total. The fourth-order valence-corrected chi connectivity index (χ4v) is 1.82. The molecule has 0 fully saturated rings. The van der Waals surface area contributed by atoms with Crippen molar-refractivity contribution in [2.45, 2.75) is 32.1 Å². The highest BCUT2D eigenvalue weighted by Gasteiger charge is 2.01. The van der Waals surface area contributed by atoms with Gasteiger partial charge in [0.1, 0.15) is 5.82 Å². The molecular weight excluding hydrogens is 200 g/mol. The lowest BCUT2D eigenvalue weighted by Crippen LogP contribution is -1.98. The first-order valence-electron chi connectivity index (χ1n) is 5.89. The zero-order valence-electron chi connectivity index (χ0n) is 9.45. The number of rotatable bonds is 6. The topological polar surface area (TPSA) is 67.6 Å². The lowest BCUT2D eigenvalue weighted by Gasteiger charge is -1.97. The molecule has 0 atom stereocenters. The molecule has 0 aliphatic heterocycles. The van der Waals surface area contributed by atoms with E-state index in [4.69, 9.17) is 5.73 Å². The first kappa shape index (κ1) is 11.1. The van der Waals surface area contributed by atoms with Gasteiger partial charge in [0.2, 0.25) is 0 Å². The van der Waals surface area contributed by atoms with Crippen molar-refractivity contribution in [3.63, 3.8) is 0 Å². The molecule has 0 radical (unpaired) electrons. The number of aromatic nitrogens is 3. The highest BCUT2D eigenvalue weighted by molar-refractivity contribution is 5.73. The van der Waals surface area contributed by atoms with Crippen LogP contribution in [0.2, 0.25) is 0 Å². The predicted octanol–water partition coefficient (Wildman–Crippen LogP) is 2.02. The van der Waals surface area contributed by atoms with Crippen LogP contribution in [-0.2, 0) is 6.42 Å². The molecule has 2 heterocycles. The molecule has 2 aromatic heterocycles. The Labute approximate surface area is 95.3 Å². The van der Waals surface area contributed by atoms with Gasteiger partial charge in [0.25, 0.3) is 0 Å². The van der Waals surface area contributed by atoms with Crippen molar-refractivity contribution in [3.8, 4) is 0 Å². The molecule has 4 heteroatoms. The van der Waals surface area contributed by atoms with E-state index in [9.17, 15) is 0 Å². The standard InChI is InChI=1S/C12H18N4/c13-7-4-2-1-3-5-12-15-10-6-8-14-9-11(10)16-12/h6,8-9H,1-5,7,13H2,(H,15,16). The number of hydrogen-bond acceptors (Lipinski definition) is 3. The van der Waals surface area contributed by atoms with Crippen LogP contribution in [0.5, 0.6) is 0 Å². The number of fused-ring (bicyclic) bond motifs is 1. The van der Waals surface area contributed by atoms with Gasteiger partial charge in [0.05, 0.1) is 17.2 Å². The van der Waals surface area contributed by atoms with E-state index < -0.39 is 0 Å². The lowest BCUT2D eigenvalue weighted by atomic mass is 10.1. The fourth-order valence-electron chi connectivity index (χ4n) is 1.82. The minimum atomic E-state index is 0.802. The summed E-state index contributed by atoms with van der Waals surface area (Å²) >= 11 is 0. The normalized spacial score (nSPS) is 11.1. The number of nitrogens with one attached hydrogen (secondary N) is 1. The molecule has 0 amide bonds. The number of nitrogens with zero attached hydrogens (tertiary/aromatic N) is 2. The van der Waals surface area contributed by atoms with Gasteiger partial charge in [-0.1, -0.05) is 12.8 Å². The van der Waals surface area contributed by atoms with Crippen LogP contribution in [0.25, 0.3) is 11.0 Å². The van der Waals surface area contributed by atoms with Crippen LogP contribution in [0.3, 0.4) is 0 Å². The maximum Gasteiger partial charge on any atom is 0.107 e. The third-order valence-electron chi connectivity index (χ3n) is 2.70. The molecular formula is C12H18N4. The van der Waals surface area contributed by atoms with E-state index >= 15 is 0 Å². The average Bonchev–Trinajstić information content (AvgIpc) is 2.71. The maximum atomic E-state index is 5.45. The Kier molecular flexibility index (Phi) is 3.88. The third-order valence-corrected chi connectivity index (χ3v) is 2.70. The van der Waals surface area contributed by atoms with Gasteiger partial charge in [0.15, 0.2) is 0 Å². The predicted molar refractivity (Wildman–Crippen MR) is 65.1 cm³/mol. The third kappa shape index (κ3) is 2.79. The van der Waals surface area contributed by atoms with Gasteiger partial charge < -0.3 is 10.7 Å². The minimum absolute atomic E-state index is 0.802. The monoisotopic (exact) mass is 218 g/mol. The number of hydrogen-bond donors (Lipinski definition) is 2. The lowest BCUT2D eigenvalue weighted by molar-refractivity contribution is 0.638. The summed E-state index contributed by atoms with van der Waals surface area (Å²) in [5, 5.41) is 0. The molecule has 0 aliphatic carbocycles. The van der Waals surface area contributed by atoms with E-state index in [1.54, 1.807) is 6.20 Å². The Morgan fingerprint density at radius 3 is 2.88 bits per heavy atom. The number of nitrogens with two attached hydrogens (primary N) is 1. The van der Waals surface area contributed by atoms with E-state index in [1.807, 2.05) is 12.3 Å². The van der Waals surface area contributed by atoms with Crippen LogP contribution in [-0.4, -0.2) is 21.5 Å². The molecule has 0 unspecified atom stereocenters. The van der Waals surface area contributed by atoms with Crippen molar-refractivity contribution in [1.82, 2.24) is 15.0 Å². The quantitative estimate of drug-likeness (QED) is 0.729. The molecule has 86 valence electrons. The van der Waals surface area contributed by atoms with Gasteiger partial charge in [-0.05, 0) is 25.5 Å². The van der Waals surface area contributed by atoms with Gasteiger partial charge in [-0.3, -0.25) is 4.98 Å². The average molecular weight is 218 g/mol. The van der Waals surface area contributed by atoms with Crippen molar-refractivity contribution >= 4 is 11.0 Å². The number of imidazole rings is 1. The highest BCUT2D eigenvalue weighted by atomic mass is 14.9. The van der Waals surface area contributed by atoms with Crippen molar-refractivity contribution < 1.29 is 0 Å². The first-order valence-corrected chi connectivity index (χ1v) is 5.89. The smallest absolute Gasteiger partial charge is 0.107 e. The molecule has 0 aliphatic rings. The molecule has 2 aromatic rings. The summed E-state index contributed by atoms with van der Waals surface area (Å²) in [6, 6.07) is 1.93. The Morgan fingerprint density at radius 1 is 1.19 bits per heavy atom. The minimum Gasteiger partial charge on any atom is -0.341 e. The van der Waals surface area contributed by atoms with Crippen LogP contribution in [0.15, 0.2) is 18.5 Å². The Balaban J connectivity index is 1.85. The van der Waals surface area contributed by atoms with Crippen LogP contribution >= 0.6 is 0 Å². The second-order valence-corrected chi connectivity index (χ2v) is 4.03. The maximum absolute atomic E-state index is 5.45. The summed E-state index contributed by atoms with van der Waals surface area (Å²) in [5.74, 6) is 1.07. The van der Waals surface area contributed by atoms with Crippen molar-refractivity contribution in [3.05, 3.63) is 24.3 Å². The molecule has 0 saturated heterocycles. The van der Waals surface area contributed by atoms with Gasteiger partial charge in [-0.15, -0.1) is 0 Å². The summed E-state index contributed by atoms with van der Waals surface area (Å²) in [6.45, 7) is 0.802. The van der Waals surface area contributed by atoms with Crippen LogP contribution in [0, 0.1) is 0 Å². The molecule has 4 nitrogen and oxygen atoms in total. The molecule has 2 rings (SSSR count). The largest absolute Gasteiger partial charge is 0.341 e. The first-order chi connectivity index (χ1) is 7.90. The van der Waals surface area contributed by atoms with Crippen molar-refractivity contribution in [1.29, 1.82) is 0 Å². The van der Waals surface area contributed by atoms with Gasteiger partial charge in [-0.2, -0.15) is 0 Å². The number of unbranched alkanes of at least 4 members (excludes halogenated alkanes) is 3. The van der Waals surface area contributed by atoms with Crippen molar-refractivity contribution in [2.24, 2.45) is 5.73 Å². The molecule has 0 spiro atoms. The highest BCUT2D eigenvalue weighted by Crippen LogP contribution is 2.11. The number of aryl methyl sites for hydroxylation is 1. The zero-order valence-corrected chi connectivity index (χ0v) is 9.45. The molecule has 16 heavy (non-hydrogen) atoms. The molecule has 0 bridgehead atoms. The van der Waals surface area contributed by atoms with E-state index in [-0.39, 0.29) is 0 Å². The second kappa shape index (κ2) is 5.61. The Bertz CT molecular complexity index is 402.